The fourth-order valence-electron chi connectivity index (χ4n) is 3.63. The number of aromatic nitrogens is 2. The Morgan fingerprint density at radius 2 is 2.05 bits per heavy atom. The lowest BCUT2D eigenvalue weighted by Gasteiger charge is -2.58. The number of rotatable bonds is 3. The predicted octanol–water partition coefficient (Wildman–Crippen LogP) is 2.59. The zero-order valence-corrected chi connectivity index (χ0v) is 13.8. The molecule has 4 nitrogen and oxygen atoms in total. The van der Waals surface area contributed by atoms with E-state index in [0.29, 0.717) is 12.0 Å². The first-order chi connectivity index (χ1) is 9.07. The van der Waals surface area contributed by atoms with Gasteiger partial charge >= 0.3 is 0 Å². The zero-order chi connectivity index (χ0) is 15.3. The summed E-state index contributed by atoms with van der Waals surface area (Å²) in [5.74, 6) is 0.691. The zero-order valence-electron chi connectivity index (χ0n) is 13.8. The van der Waals surface area contributed by atoms with Crippen LogP contribution in [0, 0.1) is 11.3 Å². The highest BCUT2D eigenvalue weighted by Crippen LogP contribution is 2.43. The summed E-state index contributed by atoms with van der Waals surface area (Å²) < 4.78 is 1.75. The van der Waals surface area contributed by atoms with Crippen molar-refractivity contribution in [2.24, 2.45) is 18.4 Å². The summed E-state index contributed by atoms with van der Waals surface area (Å²) in [5.41, 5.74) is 0.685. The number of hydrogen-bond donors (Lipinski definition) is 0. The van der Waals surface area contributed by atoms with Crippen molar-refractivity contribution in [3.8, 4) is 0 Å². The summed E-state index contributed by atoms with van der Waals surface area (Å²) in [6, 6.07) is 0.325. The van der Waals surface area contributed by atoms with Crippen LogP contribution in [0.15, 0.2) is 12.4 Å². The second-order valence-corrected chi connectivity index (χ2v) is 7.64. The summed E-state index contributed by atoms with van der Waals surface area (Å²) in [6.45, 7) is 13.7. The predicted molar refractivity (Wildman–Crippen MR) is 80.4 cm³/mol. The molecule has 1 amide bonds. The molecule has 1 atom stereocenters. The Hall–Kier alpha value is -1.32. The molecule has 0 radical (unpaired) electrons. The highest BCUT2D eigenvalue weighted by atomic mass is 16.2. The van der Waals surface area contributed by atoms with Crippen molar-refractivity contribution in [3.63, 3.8) is 0 Å². The molecule has 1 aromatic rings. The van der Waals surface area contributed by atoms with E-state index in [4.69, 9.17) is 0 Å². The van der Waals surface area contributed by atoms with E-state index < -0.39 is 5.41 Å². The highest BCUT2D eigenvalue weighted by Gasteiger charge is 2.52. The van der Waals surface area contributed by atoms with E-state index in [0.717, 1.165) is 12.1 Å². The molecule has 2 rings (SSSR count). The average molecular weight is 277 g/mol. The van der Waals surface area contributed by atoms with Crippen LogP contribution < -0.4 is 0 Å². The smallest absolute Gasteiger partial charge is 0.233 e. The van der Waals surface area contributed by atoms with E-state index in [9.17, 15) is 4.79 Å². The first-order valence-electron chi connectivity index (χ1n) is 7.37. The fraction of sp³-hybridized carbons (Fsp3) is 0.750. The number of aryl methyl sites for hydroxylation is 1. The number of carbonyl (C=O) groups excluding carboxylic acids is 1. The summed E-state index contributed by atoms with van der Waals surface area (Å²) in [6.07, 6.45) is 3.74. The molecular formula is C16H27N3O. The molecule has 0 aromatic carbocycles. The van der Waals surface area contributed by atoms with Crippen LogP contribution in [-0.4, -0.2) is 33.2 Å². The Balaban J connectivity index is 2.24. The maximum Gasteiger partial charge on any atom is 0.233 e. The molecule has 4 heteroatoms. The third kappa shape index (κ3) is 2.25. The molecule has 0 N–H and O–H groups in total. The summed E-state index contributed by atoms with van der Waals surface area (Å²) >= 11 is 0. The molecular weight excluding hydrogens is 250 g/mol. The number of carbonyl (C=O) groups is 1. The van der Waals surface area contributed by atoms with Crippen LogP contribution in [-0.2, 0) is 17.3 Å². The second-order valence-electron chi connectivity index (χ2n) is 7.64. The van der Waals surface area contributed by atoms with Gasteiger partial charge < -0.3 is 4.90 Å². The maximum absolute atomic E-state index is 12.9. The van der Waals surface area contributed by atoms with E-state index in [1.54, 1.807) is 10.9 Å². The quantitative estimate of drug-likeness (QED) is 0.851. The van der Waals surface area contributed by atoms with Gasteiger partial charge in [-0.05, 0) is 19.8 Å². The largest absolute Gasteiger partial charge is 0.337 e. The van der Waals surface area contributed by atoms with E-state index in [-0.39, 0.29) is 11.3 Å². The Bertz CT molecular complexity index is 514. The van der Waals surface area contributed by atoms with Crippen molar-refractivity contribution in [2.45, 2.75) is 53.0 Å². The minimum atomic E-state index is -0.516. The first-order valence-corrected chi connectivity index (χ1v) is 7.37. The monoisotopic (exact) mass is 277 g/mol. The lowest BCUT2D eigenvalue weighted by molar-refractivity contribution is -0.161. The third-order valence-corrected chi connectivity index (χ3v) is 4.57. The lowest BCUT2D eigenvalue weighted by Crippen LogP contribution is -2.68. The van der Waals surface area contributed by atoms with Gasteiger partial charge in [-0.3, -0.25) is 9.48 Å². The maximum atomic E-state index is 12.9. The van der Waals surface area contributed by atoms with Crippen LogP contribution in [0.4, 0.5) is 0 Å². The molecule has 1 fully saturated rings. The molecule has 1 unspecified atom stereocenters. The van der Waals surface area contributed by atoms with Crippen molar-refractivity contribution < 1.29 is 4.79 Å². The molecule has 0 saturated carbocycles. The van der Waals surface area contributed by atoms with E-state index >= 15 is 0 Å². The van der Waals surface area contributed by atoms with E-state index in [2.05, 4.69) is 37.7 Å². The topological polar surface area (TPSA) is 38.1 Å². The van der Waals surface area contributed by atoms with Crippen LogP contribution in [0.3, 0.4) is 0 Å². The van der Waals surface area contributed by atoms with Crippen molar-refractivity contribution >= 4 is 5.91 Å². The molecule has 0 aliphatic carbocycles. The summed E-state index contributed by atoms with van der Waals surface area (Å²) in [7, 11) is 1.88. The number of amides is 1. The minimum Gasteiger partial charge on any atom is -0.337 e. The van der Waals surface area contributed by atoms with Gasteiger partial charge in [-0.1, -0.05) is 27.7 Å². The molecule has 2 heterocycles. The minimum absolute atomic E-state index is 0.212. The molecule has 0 spiro atoms. The van der Waals surface area contributed by atoms with Crippen LogP contribution in [0.5, 0.6) is 0 Å². The number of nitrogens with zero attached hydrogens (tertiary/aromatic N) is 3. The van der Waals surface area contributed by atoms with Gasteiger partial charge in [-0.2, -0.15) is 5.10 Å². The molecule has 1 aliphatic heterocycles. The normalized spacial score (nSPS) is 22.0. The molecule has 1 saturated heterocycles. The van der Waals surface area contributed by atoms with Crippen LogP contribution in [0.2, 0.25) is 0 Å². The van der Waals surface area contributed by atoms with Gasteiger partial charge in [-0.25, -0.2) is 0 Å². The molecule has 20 heavy (non-hydrogen) atoms. The standard InChI is InChI=1S/C16H27N3O/c1-11(2)13-15(3,4)10-19(13)14(20)16(5,6)12-8-17-18(7)9-12/h8-9,11,13H,10H2,1-7H3. The Kier molecular flexibility index (Phi) is 3.47. The van der Waals surface area contributed by atoms with Gasteiger partial charge in [0.2, 0.25) is 5.91 Å². The SMILES string of the molecule is CC(C)C1N(C(=O)C(C)(C)c2cnn(C)c2)CC1(C)C. The van der Waals surface area contributed by atoms with Crippen molar-refractivity contribution in [1.82, 2.24) is 14.7 Å². The number of likely N-dealkylation sites (tertiary alicyclic amines) is 1. The molecule has 1 aliphatic rings. The molecule has 1 aromatic heterocycles. The van der Waals surface area contributed by atoms with Gasteiger partial charge in [0.1, 0.15) is 0 Å². The fourth-order valence-corrected chi connectivity index (χ4v) is 3.63. The van der Waals surface area contributed by atoms with Gasteiger partial charge in [0.05, 0.1) is 11.6 Å². The van der Waals surface area contributed by atoms with E-state index in [1.807, 2.05) is 27.1 Å². The van der Waals surface area contributed by atoms with Gasteiger partial charge in [0.25, 0.3) is 0 Å². The molecule has 112 valence electrons. The summed E-state index contributed by atoms with van der Waals surface area (Å²) in [5, 5.41) is 4.20. The molecule has 0 bridgehead atoms. The average Bonchev–Trinajstić information content (AvgIpc) is 2.71. The Morgan fingerprint density at radius 1 is 1.45 bits per heavy atom. The Morgan fingerprint density at radius 3 is 2.45 bits per heavy atom. The highest BCUT2D eigenvalue weighted by molar-refractivity contribution is 5.88. The van der Waals surface area contributed by atoms with Crippen molar-refractivity contribution in [3.05, 3.63) is 18.0 Å². The van der Waals surface area contributed by atoms with Gasteiger partial charge in [0.15, 0.2) is 0 Å². The van der Waals surface area contributed by atoms with Crippen LogP contribution >= 0.6 is 0 Å². The summed E-state index contributed by atoms with van der Waals surface area (Å²) in [4.78, 5) is 15.0. The first kappa shape index (κ1) is 15.1. The van der Waals surface area contributed by atoms with Gasteiger partial charge in [0, 0.05) is 36.8 Å². The Labute approximate surface area is 122 Å². The van der Waals surface area contributed by atoms with Crippen molar-refractivity contribution in [2.75, 3.05) is 6.54 Å². The second kappa shape index (κ2) is 4.61. The van der Waals surface area contributed by atoms with Crippen LogP contribution in [0.25, 0.3) is 0 Å². The van der Waals surface area contributed by atoms with Crippen LogP contribution in [0.1, 0.15) is 47.1 Å². The number of hydrogen-bond acceptors (Lipinski definition) is 2. The van der Waals surface area contributed by atoms with Crippen molar-refractivity contribution in [1.29, 1.82) is 0 Å². The van der Waals surface area contributed by atoms with E-state index in [1.165, 1.54) is 0 Å². The lowest BCUT2D eigenvalue weighted by atomic mass is 9.68. The third-order valence-electron chi connectivity index (χ3n) is 4.57. The van der Waals surface area contributed by atoms with Gasteiger partial charge in [-0.15, -0.1) is 0 Å².